The van der Waals surface area contributed by atoms with Crippen LogP contribution in [-0.2, 0) is 14.3 Å². The molecular weight excluding hydrogens is 152 g/mol. The van der Waals surface area contributed by atoms with E-state index >= 15 is 0 Å². The van der Waals surface area contributed by atoms with Crippen LogP contribution >= 0.6 is 0 Å². The van der Waals surface area contributed by atoms with Gasteiger partial charge in [0.15, 0.2) is 12.4 Å². The quantitative estimate of drug-likeness (QED) is 0.508. The minimum absolute atomic E-state index is 0.281. The highest BCUT2D eigenvalue weighted by molar-refractivity contribution is 5.71. The van der Waals surface area contributed by atoms with E-state index < -0.39 is 18.2 Å². The number of hydrogen-bond acceptors (Lipinski definition) is 4. The molecule has 2 unspecified atom stereocenters. The van der Waals surface area contributed by atoms with Crippen molar-refractivity contribution >= 4 is 12.3 Å². The summed E-state index contributed by atoms with van der Waals surface area (Å²) in [4.78, 5) is 19.9. The van der Waals surface area contributed by atoms with Gasteiger partial charge in [-0.2, -0.15) is 0 Å². The number of aliphatic hydroxyl groups excluding tert-OH is 1. The van der Waals surface area contributed by atoms with Crippen LogP contribution in [0.2, 0.25) is 0 Å². The van der Waals surface area contributed by atoms with Crippen molar-refractivity contribution in [2.75, 3.05) is 6.61 Å². The topological polar surface area (TPSA) is 83.8 Å². The van der Waals surface area contributed by atoms with Crippen LogP contribution in [0.1, 0.15) is 6.92 Å². The van der Waals surface area contributed by atoms with Gasteiger partial charge in [-0.25, -0.2) is 4.79 Å². The first-order valence-electron chi connectivity index (χ1n) is 3.05. The molecule has 0 aliphatic rings. The summed E-state index contributed by atoms with van der Waals surface area (Å²) in [5.74, 6) is -1.12. The molecule has 0 saturated carbocycles. The third-order valence-electron chi connectivity index (χ3n) is 1.02. The van der Waals surface area contributed by atoms with Gasteiger partial charge in [-0.3, -0.25) is 0 Å². The highest BCUT2D eigenvalue weighted by Crippen LogP contribution is 1.91. The Morgan fingerprint density at radius 3 is 2.64 bits per heavy atom. The van der Waals surface area contributed by atoms with Gasteiger partial charge in [0.1, 0.15) is 6.10 Å². The lowest BCUT2D eigenvalue weighted by molar-refractivity contribution is -0.151. The second kappa shape index (κ2) is 4.81. The van der Waals surface area contributed by atoms with Crippen LogP contribution in [0.15, 0.2) is 0 Å². The normalized spacial score (nSPS) is 15.5. The molecule has 0 heterocycles. The van der Waals surface area contributed by atoms with Crippen molar-refractivity contribution in [1.29, 1.82) is 0 Å². The molecule has 0 amide bonds. The van der Waals surface area contributed by atoms with E-state index in [0.29, 0.717) is 0 Å². The van der Waals surface area contributed by atoms with Crippen molar-refractivity contribution in [3.63, 3.8) is 0 Å². The van der Waals surface area contributed by atoms with Crippen LogP contribution in [0, 0.1) is 0 Å². The average molecular weight is 162 g/mol. The fourth-order valence-corrected chi connectivity index (χ4v) is 0.353. The Balaban J connectivity index is 3.53. The number of carbonyl (C=O) groups is 2. The number of ether oxygens (including phenoxy) is 1. The van der Waals surface area contributed by atoms with Gasteiger partial charge in [0.25, 0.3) is 0 Å². The largest absolute Gasteiger partial charge is 0.479 e. The average Bonchev–Trinajstić information content (AvgIpc) is 1.99. The molecule has 0 spiro atoms. The van der Waals surface area contributed by atoms with Crippen molar-refractivity contribution in [3.8, 4) is 0 Å². The van der Waals surface area contributed by atoms with Crippen LogP contribution in [0.4, 0.5) is 0 Å². The summed E-state index contributed by atoms with van der Waals surface area (Å²) in [7, 11) is 0. The summed E-state index contributed by atoms with van der Waals surface area (Å²) in [5.41, 5.74) is 0. The summed E-state index contributed by atoms with van der Waals surface area (Å²) in [6.45, 7) is 1.04. The zero-order chi connectivity index (χ0) is 8.85. The van der Waals surface area contributed by atoms with Gasteiger partial charge >= 0.3 is 5.97 Å². The van der Waals surface area contributed by atoms with Gasteiger partial charge in [0, 0.05) is 0 Å². The summed E-state index contributed by atoms with van der Waals surface area (Å²) in [6, 6.07) is 0. The zero-order valence-corrected chi connectivity index (χ0v) is 6.06. The minimum Gasteiger partial charge on any atom is -0.479 e. The maximum Gasteiger partial charge on any atom is 0.332 e. The Hall–Kier alpha value is -0.940. The van der Waals surface area contributed by atoms with E-state index in [1.807, 2.05) is 0 Å². The highest BCUT2D eigenvalue weighted by Gasteiger charge is 2.12. The Morgan fingerprint density at radius 1 is 1.73 bits per heavy atom. The predicted molar refractivity (Wildman–Crippen MR) is 35.1 cm³/mol. The summed E-state index contributed by atoms with van der Waals surface area (Å²) in [6.07, 6.45) is -1.95. The minimum atomic E-state index is -1.24. The Bertz CT molecular complexity index is 144. The molecule has 2 atom stereocenters. The Kier molecular flexibility index (Phi) is 4.40. The number of hydrogen-bond donors (Lipinski definition) is 2. The van der Waals surface area contributed by atoms with Gasteiger partial charge in [-0.1, -0.05) is 0 Å². The molecule has 5 nitrogen and oxygen atoms in total. The molecule has 0 rings (SSSR count). The third kappa shape index (κ3) is 4.46. The van der Waals surface area contributed by atoms with Gasteiger partial charge in [-0.05, 0) is 6.92 Å². The fraction of sp³-hybridized carbons (Fsp3) is 0.667. The van der Waals surface area contributed by atoms with E-state index in [0.717, 1.165) is 0 Å². The number of carbonyl (C=O) groups excluding carboxylic acids is 1. The monoisotopic (exact) mass is 162 g/mol. The van der Waals surface area contributed by atoms with Crippen molar-refractivity contribution in [2.45, 2.75) is 19.1 Å². The number of rotatable bonds is 5. The van der Waals surface area contributed by atoms with E-state index in [4.69, 9.17) is 10.2 Å². The van der Waals surface area contributed by atoms with Crippen LogP contribution in [0.5, 0.6) is 0 Å². The third-order valence-corrected chi connectivity index (χ3v) is 1.02. The van der Waals surface area contributed by atoms with Crippen molar-refractivity contribution < 1.29 is 24.5 Å². The summed E-state index contributed by atoms with van der Waals surface area (Å²) >= 11 is 0. The van der Waals surface area contributed by atoms with Crippen LogP contribution in [0.25, 0.3) is 0 Å². The smallest absolute Gasteiger partial charge is 0.332 e. The molecule has 0 aromatic heterocycles. The molecule has 2 N–H and O–H groups in total. The first-order valence-corrected chi connectivity index (χ1v) is 3.05. The van der Waals surface area contributed by atoms with Gasteiger partial charge in [0.2, 0.25) is 0 Å². The summed E-state index contributed by atoms with van der Waals surface area (Å²) < 4.78 is 4.58. The Labute approximate surface area is 63.6 Å². The molecule has 0 saturated heterocycles. The first kappa shape index (κ1) is 10.1. The number of carboxylic acids is 1. The molecule has 64 valence electrons. The maximum atomic E-state index is 10.1. The molecular formula is C6H10O5. The summed E-state index contributed by atoms with van der Waals surface area (Å²) in [5, 5.41) is 16.9. The van der Waals surface area contributed by atoms with E-state index in [-0.39, 0.29) is 12.9 Å². The van der Waals surface area contributed by atoms with E-state index in [2.05, 4.69) is 4.74 Å². The van der Waals surface area contributed by atoms with Crippen molar-refractivity contribution in [2.24, 2.45) is 0 Å². The van der Waals surface area contributed by atoms with Crippen LogP contribution in [0.3, 0.4) is 0 Å². The molecule has 11 heavy (non-hydrogen) atoms. The predicted octanol–water partition coefficient (Wildman–Crippen LogP) is -0.964. The molecule has 0 aromatic carbocycles. The second-order valence-corrected chi connectivity index (χ2v) is 2.02. The first-order chi connectivity index (χ1) is 5.07. The van der Waals surface area contributed by atoms with Crippen LogP contribution < -0.4 is 0 Å². The number of aliphatic carboxylic acids is 1. The molecule has 0 aromatic rings. The number of aldehydes is 1. The molecule has 0 fully saturated rings. The van der Waals surface area contributed by atoms with E-state index in [1.165, 1.54) is 6.92 Å². The maximum absolute atomic E-state index is 10.1. The molecule has 5 heteroatoms. The number of aliphatic hydroxyl groups is 1. The lowest BCUT2D eigenvalue weighted by Crippen LogP contribution is -2.26. The zero-order valence-electron chi connectivity index (χ0n) is 6.06. The van der Waals surface area contributed by atoms with Crippen molar-refractivity contribution in [1.82, 2.24) is 0 Å². The number of carboxylic acid groups (broad SMARTS) is 1. The Morgan fingerprint density at radius 2 is 2.27 bits per heavy atom. The molecule has 0 aliphatic heterocycles. The molecule has 0 bridgehead atoms. The fourth-order valence-electron chi connectivity index (χ4n) is 0.353. The lowest BCUT2D eigenvalue weighted by atomic mass is 10.4. The van der Waals surface area contributed by atoms with Crippen LogP contribution in [-0.4, -0.2) is 41.3 Å². The van der Waals surface area contributed by atoms with E-state index in [1.54, 1.807) is 0 Å². The highest BCUT2D eigenvalue weighted by atomic mass is 16.5. The van der Waals surface area contributed by atoms with Crippen molar-refractivity contribution in [3.05, 3.63) is 0 Å². The van der Waals surface area contributed by atoms with Gasteiger partial charge < -0.3 is 19.7 Å². The molecule has 0 aliphatic carbocycles. The van der Waals surface area contributed by atoms with Gasteiger partial charge in [0.05, 0.1) is 6.61 Å². The standard InChI is InChI=1S/C6H10O5/c1-4(6(9)10)11-3-5(8)2-7/h2,4-5,8H,3H2,1H3,(H,9,10). The van der Waals surface area contributed by atoms with E-state index in [9.17, 15) is 9.59 Å². The molecule has 0 radical (unpaired) electrons. The SMILES string of the molecule is CC(OCC(O)C=O)C(=O)O. The van der Waals surface area contributed by atoms with Gasteiger partial charge in [-0.15, -0.1) is 0 Å². The lowest BCUT2D eigenvalue weighted by Gasteiger charge is -2.08. The second-order valence-electron chi connectivity index (χ2n) is 2.02.